The number of nitrogens with zero attached hydrogens (tertiary/aromatic N) is 1. The molecule has 164 valence electrons. The third-order valence-corrected chi connectivity index (χ3v) is 7.51. The molecule has 2 aliphatic heterocycles. The highest BCUT2D eigenvalue weighted by Crippen LogP contribution is 2.49. The van der Waals surface area contributed by atoms with Gasteiger partial charge in [-0.15, -0.1) is 0 Å². The fraction of sp³-hybridized carbons (Fsp3) is 0.296. The van der Waals surface area contributed by atoms with Crippen molar-refractivity contribution in [2.75, 3.05) is 30.4 Å². The lowest BCUT2D eigenvalue weighted by atomic mass is 9.76. The van der Waals surface area contributed by atoms with Gasteiger partial charge in [0.05, 0.1) is 7.11 Å². The number of amides is 1. The molecule has 4 nitrogen and oxygen atoms in total. The number of nitrogens with one attached hydrogen (secondary N) is 1. The summed E-state index contributed by atoms with van der Waals surface area (Å²) in [7, 11) is 1.41. The lowest BCUT2D eigenvalue weighted by Gasteiger charge is -2.43. The second-order valence-electron chi connectivity index (χ2n) is 8.75. The topological polar surface area (TPSA) is 41.6 Å². The van der Waals surface area contributed by atoms with Crippen LogP contribution in [0.5, 0.6) is 0 Å². The normalized spacial score (nSPS) is 19.3. The number of ether oxygens (including phenoxy) is 1. The summed E-state index contributed by atoms with van der Waals surface area (Å²) in [6.45, 7) is 4.24. The van der Waals surface area contributed by atoms with Crippen molar-refractivity contribution in [3.05, 3.63) is 92.1 Å². The van der Waals surface area contributed by atoms with E-state index in [1.165, 1.54) is 44.2 Å². The number of carbonyl (C=O) groups excluding carboxylic acids is 1. The monoisotopic (exact) mass is 538 g/mol. The molecule has 2 atom stereocenters. The number of aryl methyl sites for hydroxylation is 1. The number of hydrogen-bond donors (Lipinski definition) is 1. The molecule has 0 unspecified atom stereocenters. The molecular weight excluding hydrogens is 511 g/mol. The van der Waals surface area contributed by atoms with Crippen molar-refractivity contribution in [2.24, 2.45) is 0 Å². The Morgan fingerprint density at radius 2 is 1.47 bits per heavy atom. The fourth-order valence-electron chi connectivity index (χ4n) is 5.22. The quantitative estimate of drug-likeness (QED) is 0.380. The van der Waals surface area contributed by atoms with E-state index < -0.39 is 6.09 Å². The van der Waals surface area contributed by atoms with Crippen molar-refractivity contribution in [3.8, 4) is 0 Å². The molecule has 5 rings (SSSR count). The van der Waals surface area contributed by atoms with Gasteiger partial charge in [-0.3, -0.25) is 5.32 Å². The minimum atomic E-state index is -0.432. The van der Waals surface area contributed by atoms with Gasteiger partial charge >= 0.3 is 6.09 Å². The first-order chi connectivity index (χ1) is 15.5. The summed E-state index contributed by atoms with van der Waals surface area (Å²) in [4.78, 5) is 14.6. The minimum Gasteiger partial charge on any atom is -0.453 e. The Balaban J connectivity index is 1.66. The highest BCUT2D eigenvalue weighted by atomic mass is 127. The van der Waals surface area contributed by atoms with Crippen molar-refractivity contribution in [2.45, 2.75) is 31.6 Å². The predicted molar refractivity (Wildman–Crippen MR) is 138 cm³/mol. The summed E-state index contributed by atoms with van der Waals surface area (Å²) >= 11 is 2.36. The Labute approximate surface area is 203 Å². The summed E-state index contributed by atoms with van der Waals surface area (Å²) in [5.41, 5.74) is 8.71. The van der Waals surface area contributed by atoms with Crippen LogP contribution in [0.1, 0.15) is 52.5 Å². The van der Waals surface area contributed by atoms with Crippen LogP contribution in [0.4, 0.5) is 16.2 Å². The molecular formula is C27H27IN2O2. The molecule has 0 radical (unpaired) electrons. The maximum absolute atomic E-state index is 12.1. The number of rotatable bonds is 3. The van der Waals surface area contributed by atoms with E-state index in [1.807, 2.05) is 0 Å². The standard InChI is InChI=1S/C27H27IN2O2/c1-17-3-5-18(6-4-17)22-11-13-30-14-12-23(19-7-9-20(28)10-8-19)25-16-21(29-27(31)32-2)15-24(22)26(25)30/h3-10,15-16,22-23H,11-14H2,1-2H3,(H,29,31)/t22-,23-/m0/s1. The smallest absolute Gasteiger partial charge is 0.411 e. The largest absolute Gasteiger partial charge is 0.453 e. The molecule has 3 aromatic rings. The van der Waals surface area contributed by atoms with Gasteiger partial charge in [0.2, 0.25) is 0 Å². The molecule has 0 aromatic heterocycles. The first-order valence-corrected chi connectivity index (χ1v) is 12.2. The molecule has 0 spiro atoms. The number of halogens is 1. The van der Waals surface area contributed by atoms with Gasteiger partial charge in [-0.25, -0.2) is 4.79 Å². The Bertz CT molecular complexity index is 1060. The lowest BCUT2D eigenvalue weighted by Crippen LogP contribution is -2.37. The van der Waals surface area contributed by atoms with Gasteiger partial charge < -0.3 is 9.64 Å². The third kappa shape index (κ3) is 3.98. The summed E-state index contributed by atoms with van der Waals surface area (Å²) in [5.74, 6) is 0.628. The van der Waals surface area contributed by atoms with E-state index >= 15 is 0 Å². The number of carbonyl (C=O) groups is 1. The van der Waals surface area contributed by atoms with Crippen LogP contribution in [-0.4, -0.2) is 26.3 Å². The van der Waals surface area contributed by atoms with E-state index in [0.717, 1.165) is 31.6 Å². The minimum absolute atomic E-state index is 0.313. The molecule has 5 heteroatoms. The van der Waals surface area contributed by atoms with Gasteiger partial charge in [0.15, 0.2) is 0 Å². The Kier molecular flexibility index (Phi) is 5.84. The Morgan fingerprint density at radius 3 is 2.00 bits per heavy atom. The molecule has 3 aromatic carbocycles. The highest BCUT2D eigenvalue weighted by Gasteiger charge is 2.35. The predicted octanol–water partition coefficient (Wildman–Crippen LogP) is 6.66. The van der Waals surface area contributed by atoms with Gasteiger partial charge in [-0.05, 0) is 88.9 Å². The van der Waals surface area contributed by atoms with Crippen LogP contribution in [0.25, 0.3) is 0 Å². The number of benzene rings is 3. The van der Waals surface area contributed by atoms with Gasteiger partial charge in [-0.2, -0.15) is 0 Å². The number of hydrogen-bond acceptors (Lipinski definition) is 3. The Hall–Kier alpha value is -2.54. The molecule has 0 bridgehead atoms. The van der Waals surface area contributed by atoms with Crippen molar-refractivity contribution in [3.63, 3.8) is 0 Å². The summed E-state index contributed by atoms with van der Waals surface area (Å²) in [6, 6.07) is 22.1. The summed E-state index contributed by atoms with van der Waals surface area (Å²) < 4.78 is 6.14. The van der Waals surface area contributed by atoms with E-state index in [4.69, 9.17) is 4.74 Å². The average molecular weight is 538 g/mol. The van der Waals surface area contributed by atoms with Gasteiger partial charge in [0.25, 0.3) is 0 Å². The van der Waals surface area contributed by atoms with Crippen LogP contribution >= 0.6 is 22.6 Å². The maximum atomic E-state index is 12.1. The van der Waals surface area contributed by atoms with Crippen LogP contribution in [-0.2, 0) is 4.74 Å². The molecule has 0 saturated carbocycles. The lowest BCUT2D eigenvalue weighted by molar-refractivity contribution is 0.187. The SMILES string of the molecule is COC(=O)Nc1cc2c3c(c1)[C@H](c1ccc(I)cc1)CCN3CC[C@H]2c1ccc(C)cc1. The number of anilines is 2. The maximum Gasteiger partial charge on any atom is 0.411 e. The van der Waals surface area contributed by atoms with E-state index in [2.05, 4.69) is 100 Å². The van der Waals surface area contributed by atoms with E-state index in [9.17, 15) is 4.79 Å². The highest BCUT2D eigenvalue weighted by molar-refractivity contribution is 14.1. The van der Waals surface area contributed by atoms with Crippen molar-refractivity contribution >= 4 is 40.1 Å². The van der Waals surface area contributed by atoms with Gasteiger partial charge in [0.1, 0.15) is 0 Å². The first-order valence-electron chi connectivity index (χ1n) is 11.1. The van der Waals surface area contributed by atoms with Gasteiger partial charge in [0, 0.05) is 39.9 Å². The second-order valence-corrected chi connectivity index (χ2v) is 10.00. The van der Waals surface area contributed by atoms with Crippen LogP contribution in [0.3, 0.4) is 0 Å². The molecule has 2 aliphatic rings. The van der Waals surface area contributed by atoms with Crippen molar-refractivity contribution in [1.29, 1.82) is 0 Å². The summed E-state index contributed by atoms with van der Waals surface area (Å²) in [5, 5.41) is 2.94. The average Bonchev–Trinajstić information content (AvgIpc) is 2.81. The molecule has 32 heavy (non-hydrogen) atoms. The van der Waals surface area contributed by atoms with Gasteiger partial charge in [-0.1, -0.05) is 42.0 Å². The van der Waals surface area contributed by atoms with E-state index in [0.29, 0.717) is 11.8 Å². The molecule has 0 aliphatic carbocycles. The van der Waals surface area contributed by atoms with Crippen LogP contribution < -0.4 is 10.2 Å². The van der Waals surface area contributed by atoms with Crippen molar-refractivity contribution in [1.82, 2.24) is 0 Å². The Morgan fingerprint density at radius 1 is 0.938 bits per heavy atom. The molecule has 1 N–H and O–H groups in total. The zero-order valence-electron chi connectivity index (χ0n) is 18.4. The zero-order chi connectivity index (χ0) is 22.2. The number of methoxy groups -OCH3 is 1. The van der Waals surface area contributed by atoms with Crippen LogP contribution in [0.15, 0.2) is 60.7 Å². The molecule has 0 fully saturated rings. The fourth-order valence-corrected chi connectivity index (χ4v) is 5.58. The van der Waals surface area contributed by atoms with E-state index in [1.54, 1.807) is 0 Å². The first kappa shape index (κ1) is 21.3. The van der Waals surface area contributed by atoms with Crippen LogP contribution in [0, 0.1) is 10.5 Å². The zero-order valence-corrected chi connectivity index (χ0v) is 20.6. The summed E-state index contributed by atoms with van der Waals surface area (Å²) in [6.07, 6.45) is 1.72. The second kappa shape index (κ2) is 8.77. The van der Waals surface area contributed by atoms with E-state index in [-0.39, 0.29) is 0 Å². The molecule has 1 amide bonds. The van der Waals surface area contributed by atoms with Crippen LogP contribution in [0.2, 0.25) is 0 Å². The third-order valence-electron chi connectivity index (χ3n) is 6.80. The molecule has 0 saturated heterocycles. The molecule has 2 heterocycles. The van der Waals surface area contributed by atoms with Crippen molar-refractivity contribution < 1.29 is 9.53 Å².